The molecule has 0 aliphatic carbocycles. The Labute approximate surface area is 123 Å². The van der Waals surface area contributed by atoms with Crippen molar-refractivity contribution in [2.24, 2.45) is 0 Å². The van der Waals surface area contributed by atoms with Gasteiger partial charge in [-0.1, -0.05) is 45.4 Å². The number of hydrogen-bond acceptors (Lipinski definition) is 2. The van der Waals surface area contributed by atoms with Crippen molar-refractivity contribution in [1.82, 2.24) is 5.32 Å². The lowest BCUT2D eigenvalue weighted by molar-refractivity contribution is -0.137. The minimum absolute atomic E-state index is 0.0754. The van der Waals surface area contributed by atoms with Crippen molar-refractivity contribution in [3.05, 3.63) is 0 Å². The molecule has 1 atom stereocenters. The van der Waals surface area contributed by atoms with Gasteiger partial charge in [-0.3, -0.25) is 9.59 Å². The van der Waals surface area contributed by atoms with Gasteiger partial charge in [0.05, 0.1) is 0 Å². The zero-order valence-electron chi connectivity index (χ0n) is 13.1. The molecule has 1 unspecified atom stereocenters. The van der Waals surface area contributed by atoms with Crippen LogP contribution in [0.5, 0.6) is 0 Å². The normalized spacial score (nSPS) is 12.1. The molecular formula is C16H31NO3. The van der Waals surface area contributed by atoms with Crippen molar-refractivity contribution in [3.8, 4) is 0 Å². The Hall–Kier alpha value is -1.06. The highest BCUT2D eigenvalue weighted by Gasteiger charge is 2.07. The van der Waals surface area contributed by atoms with Crippen molar-refractivity contribution in [3.63, 3.8) is 0 Å². The van der Waals surface area contributed by atoms with Crippen molar-refractivity contribution in [1.29, 1.82) is 0 Å². The second-order valence-electron chi connectivity index (χ2n) is 5.63. The molecule has 0 aromatic rings. The summed E-state index contributed by atoms with van der Waals surface area (Å²) in [4.78, 5) is 22.0. The first-order valence-electron chi connectivity index (χ1n) is 8.07. The third-order valence-electron chi connectivity index (χ3n) is 3.44. The van der Waals surface area contributed by atoms with Gasteiger partial charge in [0.25, 0.3) is 0 Å². The van der Waals surface area contributed by atoms with Crippen LogP contribution in [-0.2, 0) is 9.59 Å². The van der Waals surface area contributed by atoms with Gasteiger partial charge in [-0.15, -0.1) is 0 Å². The Morgan fingerprint density at radius 3 is 2.15 bits per heavy atom. The van der Waals surface area contributed by atoms with E-state index in [9.17, 15) is 9.59 Å². The Balaban J connectivity index is 3.41. The summed E-state index contributed by atoms with van der Waals surface area (Å²) in [5.74, 6) is -0.673. The molecular weight excluding hydrogens is 254 g/mol. The number of carbonyl (C=O) groups excluding carboxylic acids is 1. The molecule has 0 heterocycles. The molecule has 1 amide bonds. The lowest BCUT2D eigenvalue weighted by atomic mass is 10.1. The van der Waals surface area contributed by atoms with E-state index in [1.54, 1.807) is 0 Å². The second-order valence-corrected chi connectivity index (χ2v) is 5.63. The van der Waals surface area contributed by atoms with Crippen molar-refractivity contribution in [2.75, 3.05) is 0 Å². The van der Waals surface area contributed by atoms with Gasteiger partial charge in [-0.2, -0.15) is 0 Å². The highest BCUT2D eigenvalue weighted by Crippen LogP contribution is 2.08. The first kappa shape index (κ1) is 18.9. The molecule has 20 heavy (non-hydrogen) atoms. The van der Waals surface area contributed by atoms with Crippen LogP contribution >= 0.6 is 0 Å². The number of carboxylic acids is 1. The molecule has 2 N–H and O–H groups in total. The first-order valence-corrected chi connectivity index (χ1v) is 8.07. The average molecular weight is 285 g/mol. The number of carbonyl (C=O) groups is 2. The number of unbranched alkanes of at least 4 members (excludes halogenated alkanes) is 6. The van der Waals surface area contributed by atoms with E-state index in [4.69, 9.17) is 5.11 Å². The quantitative estimate of drug-likeness (QED) is 0.505. The third kappa shape index (κ3) is 13.4. The van der Waals surface area contributed by atoms with Crippen LogP contribution < -0.4 is 5.32 Å². The molecule has 0 saturated carbocycles. The average Bonchev–Trinajstić information content (AvgIpc) is 2.37. The molecule has 0 aromatic heterocycles. The van der Waals surface area contributed by atoms with E-state index in [0.29, 0.717) is 12.8 Å². The summed E-state index contributed by atoms with van der Waals surface area (Å²) < 4.78 is 0. The largest absolute Gasteiger partial charge is 0.481 e. The van der Waals surface area contributed by atoms with Gasteiger partial charge in [0.2, 0.25) is 5.91 Å². The minimum Gasteiger partial charge on any atom is -0.481 e. The van der Waals surface area contributed by atoms with Crippen molar-refractivity contribution < 1.29 is 14.7 Å². The summed E-state index contributed by atoms with van der Waals surface area (Å²) in [5, 5.41) is 11.5. The third-order valence-corrected chi connectivity index (χ3v) is 3.44. The number of nitrogens with one attached hydrogen (secondary N) is 1. The molecule has 0 radical (unpaired) electrons. The van der Waals surface area contributed by atoms with Crippen molar-refractivity contribution >= 4 is 11.9 Å². The molecule has 0 spiro atoms. The molecule has 4 heteroatoms. The maximum absolute atomic E-state index is 11.7. The van der Waals surface area contributed by atoms with Gasteiger partial charge in [0.1, 0.15) is 0 Å². The molecule has 0 rings (SSSR count). The van der Waals surface area contributed by atoms with E-state index in [1.807, 2.05) is 6.92 Å². The Morgan fingerprint density at radius 2 is 1.55 bits per heavy atom. The van der Waals surface area contributed by atoms with Gasteiger partial charge in [0.15, 0.2) is 0 Å². The van der Waals surface area contributed by atoms with Crippen LogP contribution in [0.3, 0.4) is 0 Å². The first-order chi connectivity index (χ1) is 9.56. The fourth-order valence-electron chi connectivity index (χ4n) is 2.22. The van der Waals surface area contributed by atoms with E-state index < -0.39 is 5.97 Å². The van der Waals surface area contributed by atoms with E-state index in [2.05, 4.69) is 12.2 Å². The maximum atomic E-state index is 11.7. The summed E-state index contributed by atoms with van der Waals surface area (Å²) in [7, 11) is 0. The second kappa shape index (κ2) is 12.9. The predicted molar refractivity (Wildman–Crippen MR) is 81.7 cm³/mol. The highest BCUT2D eigenvalue weighted by molar-refractivity contribution is 5.76. The van der Waals surface area contributed by atoms with Crippen LogP contribution in [0.4, 0.5) is 0 Å². The van der Waals surface area contributed by atoms with Crippen LogP contribution in [-0.4, -0.2) is 23.0 Å². The fraction of sp³-hybridized carbons (Fsp3) is 0.875. The van der Waals surface area contributed by atoms with Crippen molar-refractivity contribution in [2.45, 2.75) is 90.5 Å². The molecule has 118 valence electrons. The highest BCUT2D eigenvalue weighted by atomic mass is 16.4. The Bertz CT molecular complexity index is 266. The molecule has 4 nitrogen and oxygen atoms in total. The summed E-state index contributed by atoms with van der Waals surface area (Å²) in [6.45, 7) is 4.15. The summed E-state index contributed by atoms with van der Waals surface area (Å²) >= 11 is 0. The number of aliphatic carboxylic acids is 1. The smallest absolute Gasteiger partial charge is 0.303 e. The Kier molecular flexibility index (Phi) is 12.3. The predicted octanol–water partition coefficient (Wildman–Crippen LogP) is 3.89. The molecule has 0 fully saturated rings. The van der Waals surface area contributed by atoms with E-state index >= 15 is 0 Å². The van der Waals surface area contributed by atoms with E-state index in [1.165, 1.54) is 32.1 Å². The van der Waals surface area contributed by atoms with E-state index in [-0.39, 0.29) is 18.4 Å². The van der Waals surface area contributed by atoms with Gasteiger partial charge in [-0.25, -0.2) is 0 Å². The van der Waals surface area contributed by atoms with Crippen LogP contribution in [0.25, 0.3) is 0 Å². The van der Waals surface area contributed by atoms with Crippen LogP contribution in [0.2, 0.25) is 0 Å². The van der Waals surface area contributed by atoms with E-state index in [0.717, 1.165) is 19.3 Å². The number of hydrogen-bond donors (Lipinski definition) is 2. The number of rotatable bonds is 13. The Morgan fingerprint density at radius 1 is 0.950 bits per heavy atom. The maximum Gasteiger partial charge on any atom is 0.303 e. The minimum atomic E-state index is -0.772. The summed E-state index contributed by atoms with van der Waals surface area (Å²) in [5.41, 5.74) is 0. The molecule has 0 saturated heterocycles. The van der Waals surface area contributed by atoms with Gasteiger partial charge >= 0.3 is 5.97 Å². The van der Waals surface area contributed by atoms with Gasteiger partial charge < -0.3 is 10.4 Å². The fourth-order valence-corrected chi connectivity index (χ4v) is 2.22. The lowest BCUT2D eigenvalue weighted by Crippen LogP contribution is -2.32. The topological polar surface area (TPSA) is 66.4 Å². The zero-order valence-corrected chi connectivity index (χ0v) is 13.1. The van der Waals surface area contributed by atoms with Crippen LogP contribution in [0.15, 0.2) is 0 Å². The van der Waals surface area contributed by atoms with Gasteiger partial charge in [0, 0.05) is 18.9 Å². The molecule has 0 aliphatic heterocycles. The lowest BCUT2D eigenvalue weighted by Gasteiger charge is -2.13. The SMILES string of the molecule is CCCCCCCCCC(=O)NC(C)CCCC(=O)O. The standard InChI is InChI=1S/C16H31NO3/c1-3-4-5-6-7-8-9-12-15(18)17-14(2)11-10-13-16(19)20/h14H,3-13H2,1-2H3,(H,17,18)(H,19,20). The summed E-state index contributed by atoms with van der Waals surface area (Å²) in [6.07, 6.45) is 10.6. The van der Waals surface area contributed by atoms with Crippen LogP contribution in [0, 0.1) is 0 Å². The monoisotopic (exact) mass is 285 g/mol. The molecule has 0 aliphatic rings. The van der Waals surface area contributed by atoms with Gasteiger partial charge in [-0.05, 0) is 26.2 Å². The zero-order chi connectivity index (χ0) is 15.2. The molecule has 0 aromatic carbocycles. The molecule has 0 bridgehead atoms. The van der Waals surface area contributed by atoms with Crippen LogP contribution in [0.1, 0.15) is 84.5 Å². The number of carboxylic acid groups (broad SMARTS) is 1. The number of amides is 1. The summed E-state index contributed by atoms with van der Waals surface area (Å²) in [6, 6.07) is 0.0754.